The molecule has 1 N–H and O–H groups in total. The second kappa shape index (κ2) is 5.05. The zero-order valence-corrected chi connectivity index (χ0v) is 13.2. The van der Waals surface area contributed by atoms with Crippen molar-refractivity contribution in [2.45, 2.75) is 57.9 Å². The van der Waals surface area contributed by atoms with Gasteiger partial charge in [0.15, 0.2) is 0 Å². The summed E-state index contributed by atoms with van der Waals surface area (Å²) in [5.41, 5.74) is 0.787. The van der Waals surface area contributed by atoms with Crippen LogP contribution in [0, 0.1) is 23.0 Å². The normalized spacial score (nSPS) is 29.3. The Bertz CT molecular complexity index is 523. The van der Waals surface area contributed by atoms with Crippen molar-refractivity contribution in [1.29, 1.82) is 0 Å². The highest BCUT2D eigenvalue weighted by molar-refractivity contribution is 5.32. The van der Waals surface area contributed by atoms with Crippen LogP contribution in [-0.2, 0) is 5.41 Å². The molecule has 0 spiro atoms. The first-order valence-electron chi connectivity index (χ1n) is 7.99. The topological polar surface area (TPSA) is 12.0 Å². The smallest absolute Gasteiger partial charge is 0.129 e. The fourth-order valence-corrected chi connectivity index (χ4v) is 3.50. The molecule has 116 valence electrons. The maximum atomic E-state index is 14.3. The second-order valence-corrected chi connectivity index (χ2v) is 8.03. The van der Waals surface area contributed by atoms with Crippen molar-refractivity contribution in [2.24, 2.45) is 11.3 Å². The largest absolute Gasteiger partial charge is 0.313 e. The molecule has 2 fully saturated rings. The maximum absolute atomic E-state index is 14.3. The summed E-state index contributed by atoms with van der Waals surface area (Å²) in [5, 5.41) is 3.55. The van der Waals surface area contributed by atoms with E-state index in [0.29, 0.717) is 17.5 Å². The Kier molecular flexibility index (Phi) is 3.59. The Balaban J connectivity index is 1.82. The van der Waals surface area contributed by atoms with Crippen LogP contribution in [0.5, 0.6) is 0 Å². The monoisotopic (exact) mass is 293 g/mol. The van der Waals surface area contributed by atoms with Gasteiger partial charge >= 0.3 is 0 Å². The van der Waals surface area contributed by atoms with Crippen LogP contribution in [0.3, 0.4) is 0 Å². The van der Waals surface area contributed by atoms with Gasteiger partial charge in [0.2, 0.25) is 0 Å². The van der Waals surface area contributed by atoms with Gasteiger partial charge in [0, 0.05) is 24.1 Å². The lowest BCUT2D eigenvalue weighted by molar-refractivity contribution is 0.0424. The van der Waals surface area contributed by atoms with Gasteiger partial charge in [-0.1, -0.05) is 26.8 Å². The van der Waals surface area contributed by atoms with Crippen LogP contribution in [0.15, 0.2) is 18.2 Å². The van der Waals surface area contributed by atoms with E-state index in [2.05, 4.69) is 26.1 Å². The zero-order chi connectivity index (χ0) is 15.3. The van der Waals surface area contributed by atoms with Gasteiger partial charge in [-0.2, -0.15) is 0 Å². The SMILES string of the molecule is CC(C)(C)C1CC(CNC2CC2)(c2ccc(F)cc2F)C1. The molecule has 0 amide bonds. The summed E-state index contributed by atoms with van der Waals surface area (Å²) in [7, 11) is 0. The molecule has 2 aliphatic carbocycles. The van der Waals surface area contributed by atoms with E-state index in [-0.39, 0.29) is 16.6 Å². The highest BCUT2D eigenvalue weighted by Crippen LogP contribution is 2.54. The van der Waals surface area contributed by atoms with E-state index in [4.69, 9.17) is 0 Å². The average molecular weight is 293 g/mol. The molecule has 0 unspecified atom stereocenters. The van der Waals surface area contributed by atoms with Gasteiger partial charge in [-0.3, -0.25) is 0 Å². The van der Waals surface area contributed by atoms with Crippen molar-refractivity contribution < 1.29 is 8.78 Å². The third-order valence-corrected chi connectivity index (χ3v) is 5.31. The molecule has 3 rings (SSSR count). The van der Waals surface area contributed by atoms with Crippen molar-refractivity contribution in [3.05, 3.63) is 35.4 Å². The van der Waals surface area contributed by atoms with E-state index in [1.54, 1.807) is 6.07 Å². The predicted molar refractivity (Wildman–Crippen MR) is 81.2 cm³/mol. The molecule has 0 aliphatic heterocycles. The van der Waals surface area contributed by atoms with Crippen LogP contribution in [0.4, 0.5) is 8.78 Å². The highest BCUT2D eigenvalue weighted by Gasteiger charge is 2.50. The molecule has 0 heterocycles. The fourth-order valence-electron chi connectivity index (χ4n) is 3.50. The van der Waals surface area contributed by atoms with Gasteiger partial charge in [-0.05, 0) is 48.6 Å². The van der Waals surface area contributed by atoms with E-state index in [9.17, 15) is 8.78 Å². The maximum Gasteiger partial charge on any atom is 0.129 e. The molecule has 0 saturated heterocycles. The van der Waals surface area contributed by atoms with Crippen LogP contribution in [0.2, 0.25) is 0 Å². The molecule has 21 heavy (non-hydrogen) atoms. The van der Waals surface area contributed by atoms with E-state index in [1.807, 2.05) is 0 Å². The third-order valence-electron chi connectivity index (χ3n) is 5.31. The molecule has 0 atom stereocenters. The van der Waals surface area contributed by atoms with Gasteiger partial charge in [0.1, 0.15) is 11.6 Å². The summed E-state index contributed by atoms with van der Waals surface area (Å²) >= 11 is 0. The zero-order valence-electron chi connectivity index (χ0n) is 13.2. The van der Waals surface area contributed by atoms with Gasteiger partial charge in [0.25, 0.3) is 0 Å². The minimum atomic E-state index is -0.492. The van der Waals surface area contributed by atoms with E-state index in [0.717, 1.165) is 25.5 Å². The van der Waals surface area contributed by atoms with Gasteiger partial charge in [0.05, 0.1) is 0 Å². The molecule has 0 aromatic heterocycles. The Morgan fingerprint density at radius 2 is 1.86 bits per heavy atom. The Hall–Kier alpha value is -0.960. The minimum Gasteiger partial charge on any atom is -0.313 e. The van der Waals surface area contributed by atoms with Crippen LogP contribution >= 0.6 is 0 Å². The number of benzene rings is 1. The van der Waals surface area contributed by atoms with Crippen molar-refractivity contribution >= 4 is 0 Å². The molecule has 2 aliphatic rings. The lowest BCUT2D eigenvalue weighted by Crippen LogP contribution is -2.52. The molecule has 0 radical (unpaired) electrons. The number of hydrogen-bond donors (Lipinski definition) is 1. The summed E-state index contributed by atoms with van der Waals surface area (Å²) in [4.78, 5) is 0. The lowest BCUT2D eigenvalue weighted by Gasteiger charge is -2.53. The summed E-state index contributed by atoms with van der Waals surface area (Å²) in [6.45, 7) is 7.55. The molecule has 1 nitrogen and oxygen atoms in total. The standard InChI is InChI=1S/C18H25F2N/c1-17(2,3)12-9-18(10-12,11-21-14-5-6-14)15-7-4-13(19)8-16(15)20/h4,7-8,12,14,21H,5-6,9-11H2,1-3H3. The van der Waals surface area contributed by atoms with E-state index < -0.39 is 5.82 Å². The van der Waals surface area contributed by atoms with Crippen molar-refractivity contribution in [1.82, 2.24) is 5.32 Å². The molecule has 2 saturated carbocycles. The summed E-state index contributed by atoms with van der Waals surface area (Å²) < 4.78 is 27.5. The van der Waals surface area contributed by atoms with Crippen LogP contribution < -0.4 is 5.32 Å². The lowest BCUT2D eigenvalue weighted by atomic mass is 9.52. The van der Waals surface area contributed by atoms with Crippen molar-refractivity contribution in [3.8, 4) is 0 Å². The molecular weight excluding hydrogens is 268 g/mol. The molecular formula is C18H25F2N. The summed E-state index contributed by atoms with van der Waals surface area (Å²) in [5.74, 6) is -0.281. The number of rotatable bonds is 4. The van der Waals surface area contributed by atoms with Crippen LogP contribution in [0.1, 0.15) is 52.0 Å². The van der Waals surface area contributed by atoms with E-state index in [1.165, 1.54) is 18.9 Å². The molecule has 3 heteroatoms. The van der Waals surface area contributed by atoms with Crippen LogP contribution in [-0.4, -0.2) is 12.6 Å². The molecule has 1 aromatic carbocycles. The van der Waals surface area contributed by atoms with Gasteiger partial charge < -0.3 is 5.32 Å². The first kappa shape index (κ1) is 15.0. The quantitative estimate of drug-likeness (QED) is 0.867. The van der Waals surface area contributed by atoms with Gasteiger partial charge in [-0.25, -0.2) is 8.78 Å². The molecule has 1 aromatic rings. The van der Waals surface area contributed by atoms with Crippen LogP contribution in [0.25, 0.3) is 0 Å². The fraction of sp³-hybridized carbons (Fsp3) is 0.667. The summed E-state index contributed by atoms with van der Waals surface area (Å²) in [6, 6.07) is 4.68. The van der Waals surface area contributed by atoms with Crippen molar-refractivity contribution in [2.75, 3.05) is 6.54 Å². The average Bonchev–Trinajstić information content (AvgIpc) is 3.11. The van der Waals surface area contributed by atoms with Crippen molar-refractivity contribution in [3.63, 3.8) is 0 Å². The summed E-state index contributed by atoms with van der Waals surface area (Å²) in [6.07, 6.45) is 4.42. The molecule has 0 bridgehead atoms. The van der Waals surface area contributed by atoms with E-state index >= 15 is 0 Å². The number of nitrogens with one attached hydrogen (secondary N) is 1. The third kappa shape index (κ3) is 2.98. The Labute approximate surface area is 126 Å². The predicted octanol–water partition coefficient (Wildman–Crippen LogP) is 4.41. The first-order chi connectivity index (χ1) is 9.80. The van der Waals surface area contributed by atoms with Gasteiger partial charge in [-0.15, -0.1) is 0 Å². The second-order valence-electron chi connectivity index (χ2n) is 8.03. The number of halogens is 2. The highest BCUT2D eigenvalue weighted by atomic mass is 19.1. The Morgan fingerprint density at radius 1 is 1.19 bits per heavy atom. The first-order valence-corrected chi connectivity index (χ1v) is 7.99. The Morgan fingerprint density at radius 3 is 2.38 bits per heavy atom. The number of hydrogen-bond acceptors (Lipinski definition) is 1. The minimum absolute atomic E-state index is 0.154.